The monoisotopic (exact) mass is 263 g/mol. The summed E-state index contributed by atoms with van der Waals surface area (Å²) in [6.45, 7) is 5.41. The van der Waals surface area contributed by atoms with E-state index in [0.717, 1.165) is 25.4 Å². The van der Waals surface area contributed by atoms with E-state index in [4.69, 9.17) is 5.73 Å². The van der Waals surface area contributed by atoms with Crippen LogP contribution in [0.3, 0.4) is 0 Å². The third kappa shape index (κ3) is 7.28. The first-order chi connectivity index (χ1) is 9.26. The number of hydrogen-bond donors (Lipinski definition) is 1. The highest BCUT2D eigenvalue weighted by Crippen LogP contribution is 2.14. The van der Waals surface area contributed by atoms with Gasteiger partial charge in [-0.2, -0.15) is 0 Å². The number of aromatic nitrogens is 1. The van der Waals surface area contributed by atoms with E-state index in [0.29, 0.717) is 0 Å². The van der Waals surface area contributed by atoms with Crippen molar-refractivity contribution in [3.63, 3.8) is 0 Å². The first kappa shape index (κ1) is 16.1. The highest BCUT2D eigenvalue weighted by atomic mass is 15.1. The van der Waals surface area contributed by atoms with E-state index in [1.54, 1.807) is 0 Å². The zero-order valence-electron chi connectivity index (χ0n) is 12.5. The smallest absolute Gasteiger partial charge is 0.0270 e. The Hall–Kier alpha value is -0.930. The predicted molar refractivity (Wildman–Crippen MR) is 82.1 cm³/mol. The molecule has 0 saturated carbocycles. The second kappa shape index (κ2) is 9.93. The lowest BCUT2D eigenvalue weighted by atomic mass is 9.96. The summed E-state index contributed by atoms with van der Waals surface area (Å²) in [6.07, 6.45) is 9.88. The van der Waals surface area contributed by atoms with Gasteiger partial charge in [-0.05, 0) is 69.4 Å². The highest BCUT2D eigenvalue weighted by molar-refractivity contribution is 5.09. The van der Waals surface area contributed by atoms with Gasteiger partial charge in [-0.3, -0.25) is 4.98 Å². The second-order valence-electron chi connectivity index (χ2n) is 5.40. The van der Waals surface area contributed by atoms with E-state index in [1.165, 1.54) is 37.8 Å². The topological polar surface area (TPSA) is 42.1 Å². The zero-order valence-corrected chi connectivity index (χ0v) is 12.5. The molecule has 1 aromatic rings. The number of likely N-dealkylation sites (N-methyl/N-ethyl adjacent to an activating group) is 1. The molecule has 3 nitrogen and oxygen atoms in total. The Morgan fingerprint density at radius 3 is 2.58 bits per heavy atom. The third-order valence-corrected chi connectivity index (χ3v) is 3.84. The van der Waals surface area contributed by atoms with Crippen LogP contribution >= 0.6 is 0 Å². The molecule has 0 aliphatic heterocycles. The van der Waals surface area contributed by atoms with Gasteiger partial charge in [0, 0.05) is 18.9 Å². The van der Waals surface area contributed by atoms with Crippen LogP contribution in [-0.4, -0.2) is 36.6 Å². The van der Waals surface area contributed by atoms with Crippen LogP contribution in [-0.2, 0) is 6.42 Å². The summed E-state index contributed by atoms with van der Waals surface area (Å²) in [7, 11) is 2.21. The maximum Gasteiger partial charge on any atom is 0.0270 e. The molecule has 0 radical (unpaired) electrons. The van der Waals surface area contributed by atoms with Crippen LogP contribution in [0.2, 0.25) is 0 Å². The zero-order chi connectivity index (χ0) is 13.9. The quantitative estimate of drug-likeness (QED) is 0.706. The summed E-state index contributed by atoms with van der Waals surface area (Å²) in [6, 6.07) is 4.20. The SMILES string of the molecule is CCC(CCN)CCCN(C)CCc1ccncc1. The van der Waals surface area contributed by atoms with Crippen molar-refractivity contribution in [2.75, 3.05) is 26.7 Å². The molecule has 0 aliphatic rings. The van der Waals surface area contributed by atoms with Crippen molar-refractivity contribution in [1.29, 1.82) is 0 Å². The van der Waals surface area contributed by atoms with Gasteiger partial charge >= 0.3 is 0 Å². The van der Waals surface area contributed by atoms with Gasteiger partial charge in [-0.25, -0.2) is 0 Å². The highest BCUT2D eigenvalue weighted by Gasteiger charge is 2.06. The number of hydrogen-bond acceptors (Lipinski definition) is 3. The van der Waals surface area contributed by atoms with Crippen LogP contribution < -0.4 is 5.73 Å². The lowest BCUT2D eigenvalue weighted by Gasteiger charge is -2.19. The van der Waals surface area contributed by atoms with Crippen LogP contribution in [0.1, 0.15) is 38.2 Å². The largest absolute Gasteiger partial charge is 0.330 e. The first-order valence-electron chi connectivity index (χ1n) is 7.53. The molecule has 19 heavy (non-hydrogen) atoms. The Bertz CT molecular complexity index is 313. The van der Waals surface area contributed by atoms with Gasteiger partial charge < -0.3 is 10.6 Å². The molecule has 1 rings (SSSR count). The molecule has 108 valence electrons. The summed E-state index contributed by atoms with van der Waals surface area (Å²) in [5.74, 6) is 0.818. The number of nitrogens with zero attached hydrogens (tertiary/aromatic N) is 2. The molecular formula is C16H29N3. The molecule has 1 aromatic heterocycles. The summed E-state index contributed by atoms with van der Waals surface area (Å²) >= 11 is 0. The molecule has 0 amide bonds. The molecule has 0 fully saturated rings. The minimum absolute atomic E-state index is 0.818. The Kier molecular flexibility index (Phi) is 8.43. The van der Waals surface area contributed by atoms with Gasteiger partial charge in [-0.1, -0.05) is 13.3 Å². The average Bonchev–Trinajstić information content (AvgIpc) is 2.45. The standard InChI is InChI=1S/C16H29N3/c1-3-15(6-10-17)5-4-13-19(2)14-9-16-7-11-18-12-8-16/h7-8,11-12,15H,3-6,9-10,13-14,17H2,1-2H3. The molecule has 1 unspecified atom stereocenters. The lowest BCUT2D eigenvalue weighted by molar-refractivity contribution is 0.310. The number of nitrogens with two attached hydrogens (primary N) is 1. The van der Waals surface area contributed by atoms with Gasteiger partial charge in [0.05, 0.1) is 0 Å². The summed E-state index contributed by atoms with van der Waals surface area (Å²) < 4.78 is 0. The van der Waals surface area contributed by atoms with Gasteiger partial charge in [0.2, 0.25) is 0 Å². The fourth-order valence-electron chi connectivity index (χ4n) is 2.42. The minimum Gasteiger partial charge on any atom is -0.330 e. The van der Waals surface area contributed by atoms with E-state index in [1.807, 2.05) is 12.4 Å². The van der Waals surface area contributed by atoms with Crippen molar-refractivity contribution >= 4 is 0 Å². The van der Waals surface area contributed by atoms with E-state index in [2.05, 4.69) is 36.0 Å². The maximum absolute atomic E-state index is 5.63. The fourth-order valence-corrected chi connectivity index (χ4v) is 2.42. The van der Waals surface area contributed by atoms with E-state index >= 15 is 0 Å². The average molecular weight is 263 g/mol. The predicted octanol–water partition coefficient (Wildman–Crippen LogP) is 2.71. The Labute approximate surface area is 118 Å². The molecular weight excluding hydrogens is 234 g/mol. The van der Waals surface area contributed by atoms with Crippen LogP contribution in [0.15, 0.2) is 24.5 Å². The minimum atomic E-state index is 0.818. The Morgan fingerprint density at radius 1 is 1.21 bits per heavy atom. The molecule has 0 bridgehead atoms. The molecule has 0 saturated heterocycles. The van der Waals surface area contributed by atoms with E-state index in [9.17, 15) is 0 Å². The molecule has 1 heterocycles. The number of pyridine rings is 1. The van der Waals surface area contributed by atoms with Crippen LogP contribution in [0.25, 0.3) is 0 Å². The molecule has 3 heteroatoms. The van der Waals surface area contributed by atoms with E-state index < -0.39 is 0 Å². The molecule has 0 aromatic carbocycles. The molecule has 2 N–H and O–H groups in total. The summed E-state index contributed by atoms with van der Waals surface area (Å²) in [5, 5.41) is 0. The van der Waals surface area contributed by atoms with Gasteiger partial charge in [0.25, 0.3) is 0 Å². The van der Waals surface area contributed by atoms with Gasteiger partial charge in [0.1, 0.15) is 0 Å². The molecule has 0 aliphatic carbocycles. The lowest BCUT2D eigenvalue weighted by Crippen LogP contribution is -2.23. The van der Waals surface area contributed by atoms with Gasteiger partial charge in [-0.15, -0.1) is 0 Å². The first-order valence-corrected chi connectivity index (χ1v) is 7.53. The summed E-state index contributed by atoms with van der Waals surface area (Å²) in [5.41, 5.74) is 7.00. The normalized spacial score (nSPS) is 12.8. The van der Waals surface area contributed by atoms with Crippen LogP contribution in [0, 0.1) is 5.92 Å². The van der Waals surface area contributed by atoms with Crippen molar-refractivity contribution in [2.45, 2.75) is 39.0 Å². The van der Waals surface area contributed by atoms with Crippen molar-refractivity contribution in [3.05, 3.63) is 30.1 Å². The summed E-state index contributed by atoms with van der Waals surface area (Å²) in [4.78, 5) is 6.47. The fraction of sp³-hybridized carbons (Fsp3) is 0.688. The Balaban J connectivity index is 2.12. The van der Waals surface area contributed by atoms with Crippen LogP contribution in [0.5, 0.6) is 0 Å². The molecule has 0 spiro atoms. The Morgan fingerprint density at radius 2 is 1.95 bits per heavy atom. The van der Waals surface area contributed by atoms with Crippen LogP contribution in [0.4, 0.5) is 0 Å². The van der Waals surface area contributed by atoms with E-state index in [-0.39, 0.29) is 0 Å². The van der Waals surface area contributed by atoms with Crippen molar-refractivity contribution in [2.24, 2.45) is 11.7 Å². The van der Waals surface area contributed by atoms with Crippen molar-refractivity contribution in [1.82, 2.24) is 9.88 Å². The number of rotatable bonds is 10. The van der Waals surface area contributed by atoms with Gasteiger partial charge in [0.15, 0.2) is 0 Å². The maximum atomic E-state index is 5.63. The van der Waals surface area contributed by atoms with Crippen molar-refractivity contribution < 1.29 is 0 Å². The second-order valence-corrected chi connectivity index (χ2v) is 5.40. The van der Waals surface area contributed by atoms with Crippen molar-refractivity contribution in [3.8, 4) is 0 Å². The molecule has 1 atom stereocenters. The third-order valence-electron chi connectivity index (χ3n) is 3.84.